The lowest BCUT2D eigenvalue weighted by atomic mass is 9.66. The molecule has 2 N–H and O–H groups in total. The van der Waals surface area contributed by atoms with E-state index in [0.717, 1.165) is 11.1 Å². The Bertz CT molecular complexity index is 1440. The van der Waals surface area contributed by atoms with Crippen LogP contribution in [0, 0.1) is 11.8 Å². The molecule has 11 heteroatoms. The van der Waals surface area contributed by atoms with Gasteiger partial charge in [0.2, 0.25) is 11.8 Å². The van der Waals surface area contributed by atoms with Gasteiger partial charge in [-0.3, -0.25) is 14.4 Å². The van der Waals surface area contributed by atoms with Crippen LogP contribution in [0.5, 0.6) is 0 Å². The lowest BCUT2D eigenvalue weighted by molar-refractivity contribution is -0.160. The zero-order valence-corrected chi connectivity index (χ0v) is 22.5. The second-order valence-electron chi connectivity index (χ2n) is 11.0. The number of fused-ring (bicyclic) bond motifs is 2. The van der Waals surface area contributed by atoms with Crippen molar-refractivity contribution in [1.29, 1.82) is 0 Å². The van der Waals surface area contributed by atoms with Gasteiger partial charge in [0.15, 0.2) is 0 Å². The Morgan fingerprint density at radius 3 is 2.67 bits per heavy atom. The van der Waals surface area contributed by atoms with Crippen molar-refractivity contribution < 1.29 is 29.0 Å². The van der Waals surface area contributed by atoms with Crippen molar-refractivity contribution in [2.75, 3.05) is 13.2 Å². The van der Waals surface area contributed by atoms with Gasteiger partial charge in [-0.1, -0.05) is 47.7 Å². The third-order valence-corrected chi connectivity index (χ3v) is 8.74. The second-order valence-corrected chi connectivity index (χ2v) is 11.0. The van der Waals surface area contributed by atoms with Crippen LogP contribution in [-0.2, 0) is 36.9 Å². The van der Waals surface area contributed by atoms with Gasteiger partial charge in [-0.05, 0) is 50.8 Å². The average Bonchev–Trinajstić information content (AvgIpc) is 3.66. The molecule has 3 saturated heterocycles. The number of hydrogen-bond acceptors (Lipinski definition) is 8. The van der Waals surface area contributed by atoms with Crippen LogP contribution < -0.4 is 5.32 Å². The number of amides is 2. The lowest BCUT2D eigenvalue weighted by Gasteiger charge is -2.37. The molecule has 0 saturated carbocycles. The van der Waals surface area contributed by atoms with Gasteiger partial charge in [-0.25, -0.2) is 4.68 Å². The minimum atomic E-state index is -1.22. The van der Waals surface area contributed by atoms with Gasteiger partial charge in [0.05, 0.1) is 36.3 Å². The van der Waals surface area contributed by atoms with Crippen LogP contribution in [0.3, 0.4) is 0 Å². The number of aliphatic hydroxyl groups is 1. The van der Waals surface area contributed by atoms with Crippen molar-refractivity contribution in [3.63, 3.8) is 0 Å². The highest BCUT2D eigenvalue weighted by Gasteiger charge is 2.78. The molecule has 3 aromatic rings. The van der Waals surface area contributed by atoms with E-state index in [1.54, 1.807) is 11.6 Å². The molecule has 2 amide bonds. The smallest absolute Gasteiger partial charge is 0.312 e. The van der Waals surface area contributed by atoms with E-state index in [2.05, 4.69) is 15.6 Å². The van der Waals surface area contributed by atoms with Crippen molar-refractivity contribution in [2.24, 2.45) is 11.8 Å². The van der Waals surface area contributed by atoms with E-state index in [4.69, 9.17) is 9.47 Å². The number of rotatable bonds is 9. The summed E-state index contributed by atoms with van der Waals surface area (Å²) in [5.41, 5.74) is 0.217. The number of para-hydroxylation sites is 1. The first-order valence-electron chi connectivity index (χ1n) is 13.7. The Morgan fingerprint density at radius 1 is 1.18 bits per heavy atom. The van der Waals surface area contributed by atoms with Crippen molar-refractivity contribution in [2.45, 2.75) is 63.1 Å². The minimum absolute atomic E-state index is 0.0275. The first-order valence-corrected chi connectivity index (χ1v) is 13.7. The molecule has 2 aromatic carbocycles. The normalized spacial score (nSPS) is 29.5. The SMILES string of the molecule is CCOC(=O)[C@@H]1[C@H]2C(=O)N([C@@H](CO)Cc3ccccc3)C(C(=O)NCn3nnc4ccccc43)C23CC[C@@]1(C)O3. The number of ether oxygens (including phenoxy) is 2. The summed E-state index contributed by atoms with van der Waals surface area (Å²) in [6.07, 6.45) is 1.28. The number of esters is 1. The van der Waals surface area contributed by atoms with E-state index >= 15 is 0 Å². The molecule has 2 unspecified atom stereocenters. The number of carbonyl (C=O) groups is 3. The third kappa shape index (κ3) is 3.98. The molecule has 11 nitrogen and oxygen atoms in total. The van der Waals surface area contributed by atoms with Gasteiger partial charge in [-0.2, -0.15) is 0 Å². The fourth-order valence-electron chi connectivity index (χ4n) is 7.07. The molecule has 210 valence electrons. The molecule has 3 aliphatic heterocycles. The average molecular weight is 548 g/mol. The van der Waals surface area contributed by atoms with Gasteiger partial charge in [0.1, 0.15) is 29.7 Å². The number of benzene rings is 2. The molecule has 3 fully saturated rings. The van der Waals surface area contributed by atoms with Crippen LogP contribution in [0.1, 0.15) is 32.3 Å². The van der Waals surface area contributed by atoms with Crippen LogP contribution in [0.4, 0.5) is 0 Å². The number of nitrogens with one attached hydrogen (secondary N) is 1. The molecule has 0 aliphatic carbocycles. The summed E-state index contributed by atoms with van der Waals surface area (Å²) in [6.45, 7) is 3.38. The van der Waals surface area contributed by atoms with E-state index in [1.165, 1.54) is 4.90 Å². The van der Waals surface area contributed by atoms with Gasteiger partial charge in [-0.15, -0.1) is 5.10 Å². The molecule has 1 aromatic heterocycles. The summed E-state index contributed by atoms with van der Waals surface area (Å²) in [7, 11) is 0. The predicted molar refractivity (Wildman–Crippen MR) is 142 cm³/mol. The highest BCUT2D eigenvalue weighted by Crippen LogP contribution is 2.63. The topological polar surface area (TPSA) is 136 Å². The zero-order valence-electron chi connectivity index (χ0n) is 22.5. The molecule has 6 atom stereocenters. The molecule has 40 heavy (non-hydrogen) atoms. The minimum Gasteiger partial charge on any atom is -0.466 e. The van der Waals surface area contributed by atoms with Crippen LogP contribution in [0.25, 0.3) is 11.0 Å². The Labute approximate surface area is 231 Å². The standard InChI is InChI=1S/C29H33N5O6/c1-3-39-27(38)23-22-26(37)34(19(16-35)15-18-9-5-4-6-10-18)24(29(22)14-13-28(23,2)40-29)25(36)30-17-33-21-12-8-7-11-20(21)31-32-33/h4-12,19,22-24,35H,3,13-17H2,1-2H3,(H,30,36)/t19-,22+,23+,24?,28-,29?/m1/s1. The maximum atomic E-state index is 14.3. The highest BCUT2D eigenvalue weighted by atomic mass is 16.6. The molecule has 3 aliphatic rings. The summed E-state index contributed by atoms with van der Waals surface area (Å²) in [6, 6.07) is 15.2. The van der Waals surface area contributed by atoms with E-state index in [9.17, 15) is 19.5 Å². The van der Waals surface area contributed by atoms with Crippen LogP contribution in [-0.4, -0.2) is 79.3 Å². The van der Waals surface area contributed by atoms with E-state index in [-0.39, 0.29) is 25.8 Å². The van der Waals surface area contributed by atoms with Crippen LogP contribution in [0.15, 0.2) is 54.6 Å². The molecule has 0 radical (unpaired) electrons. The van der Waals surface area contributed by atoms with Crippen LogP contribution >= 0.6 is 0 Å². The molecular weight excluding hydrogens is 514 g/mol. The van der Waals surface area contributed by atoms with Crippen molar-refractivity contribution in [3.8, 4) is 0 Å². The Kier molecular flexibility index (Phi) is 6.58. The molecule has 6 rings (SSSR count). The number of carbonyl (C=O) groups excluding carboxylic acids is 3. The van der Waals surface area contributed by atoms with Crippen molar-refractivity contribution in [1.82, 2.24) is 25.2 Å². The number of aromatic nitrogens is 3. The Morgan fingerprint density at radius 2 is 1.93 bits per heavy atom. The maximum absolute atomic E-state index is 14.3. The molecule has 2 bridgehead atoms. The Balaban J connectivity index is 1.36. The zero-order chi connectivity index (χ0) is 28.1. The van der Waals surface area contributed by atoms with Crippen molar-refractivity contribution >= 4 is 28.8 Å². The molecule has 1 spiro atoms. The highest BCUT2D eigenvalue weighted by molar-refractivity contribution is 5.98. The van der Waals surface area contributed by atoms with Crippen molar-refractivity contribution in [3.05, 3.63) is 60.2 Å². The monoisotopic (exact) mass is 547 g/mol. The van der Waals surface area contributed by atoms with E-state index in [0.29, 0.717) is 24.8 Å². The number of likely N-dealkylation sites (tertiary alicyclic amines) is 1. The fourth-order valence-corrected chi connectivity index (χ4v) is 7.07. The van der Waals surface area contributed by atoms with Gasteiger partial charge >= 0.3 is 5.97 Å². The van der Waals surface area contributed by atoms with E-state index in [1.807, 2.05) is 61.5 Å². The number of hydrogen-bond donors (Lipinski definition) is 2. The van der Waals surface area contributed by atoms with Gasteiger partial charge < -0.3 is 24.8 Å². The predicted octanol–water partition coefficient (Wildman–Crippen LogP) is 1.44. The lowest BCUT2D eigenvalue weighted by Crippen LogP contribution is -2.58. The summed E-state index contributed by atoms with van der Waals surface area (Å²) >= 11 is 0. The first-order chi connectivity index (χ1) is 19.3. The summed E-state index contributed by atoms with van der Waals surface area (Å²) in [4.78, 5) is 43.0. The molecule has 4 heterocycles. The van der Waals surface area contributed by atoms with E-state index < -0.39 is 47.0 Å². The maximum Gasteiger partial charge on any atom is 0.312 e. The third-order valence-electron chi connectivity index (χ3n) is 8.74. The quantitative estimate of drug-likeness (QED) is 0.384. The molecular formula is C29H33N5O6. The van der Waals surface area contributed by atoms with Gasteiger partial charge in [0.25, 0.3) is 0 Å². The summed E-state index contributed by atoms with van der Waals surface area (Å²) in [5.74, 6) is -3.04. The second kappa shape index (κ2) is 9.97. The van der Waals surface area contributed by atoms with Gasteiger partial charge in [0, 0.05) is 0 Å². The number of nitrogens with zero attached hydrogens (tertiary/aromatic N) is 4. The van der Waals surface area contributed by atoms with Crippen LogP contribution in [0.2, 0.25) is 0 Å². The summed E-state index contributed by atoms with van der Waals surface area (Å²) in [5, 5.41) is 21.8. The summed E-state index contributed by atoms with van der Waals surface area (Å²) < 4.78 is 13.6. The Hall–Kier alpha value is -3.83. The fraction of sp³-hybridized carbons (Fsp3) is 0.483. The number of aliphatic hydroxyl groups excluding tert-OH is 1. The largest absolute Gasteiger partial charge is 0.466 e. The first kappa shape index (κ1) is 26.4.